The predicted molar refractivity (Wildman–Crippen MR) is 42.5 cm³/mol. The van der Waals surface area contributed by atoms with E-state index in [4.69, 9.17) is 15.9 Å². The lowest BCUT2D eigenvalue weighted by atomic mass is 10.1. The molecule has 0 aromatic carbocycles. The third-order valence-electron chi connectivity index (χ3n) is 0.365. The normalized spacial score (nSPS) is 10.8. The summed E-state index contributed by atoms with van der Waals surface area (Å²) < 4.78 is 0. The monoisotopic (exact) mass is 149 g/mol. The number of aliphatic hydroxyl groups is 2. The van der Waals surface area contributed by atoms with Gasteiger partial charge in [-0.05, 0) is 27.2 Å². The molecule has 0 aliphatic rings. The first-order valence-corrected chi connectivity index (χ1v) is 3.42. The Bertz CT molecular complexity index is 60.5. The van der Waals surface area contributed by atoms with Crippen LogP contribution in [0.25, 0.3) is 0 Å². The van der Waals surface area contributed by atoms with Gasteiger partial charge in [0.2, 0.25) is 0 Å². The Morgan fingerprint density at radius 2 is 1.40 bits per heavy atom. The summed E-state index contributed by atoms with van der Waals surface area (Å²) in [5.74, 6) is 0. The van der Waals surface area contributed by atoms with E-state index in [1.807, 2.05) is 20.8 Å². The maximum Gasteiger partial charge on any atom is 0.151 e. The minimum absolute atomic E-state index is 0. The maximum atomic E-state index is 7.92. The van der Waals surface area contributed by atoms with Crippen molar-refractivity contribution in [2.24, 2.45) is 5.73 Å². The zero-order chi connectivity index (χ0) is 8.78. The minimum atomic E-state index is -1.12. The van der Waals surface area contributed by atoms with Crippen LogP contribution < -0.4 is 5.73 Å². The second-order valence-corrected chi connectivity index (χ2v) is 3.25. The van der Waals surface area contributed by atoms with Crippen molar-refractivity contribution in [3.05, 3.63) is 0 Å². The molecule has 3 heteroatoms. The van der Waals surface area contributed by atoms with E-state index in [9.17, 15) is 0 Å². The lowest BCUT2D eigenvalue weighted by molar-refractivity contribution is -0.0413. The zero-order valence-corrected chi connectivity index (χ0v) is 7.26. The number of aliphatic hydroxyl groups excluding tert-OH is 1. The SMILES string of the molecule is CC(C)(C)N.CCC(O)O. The summed E-state index contributed by atoms with van der Waals surface area (Å²) in [5.41, 5.74) is 5.35. The summed E-state index contributed by atoms with van der Waals surface area (Å²) in [4.78, 5) is 0. The van der Waals surface area contributed by atoms with E-state index < -0.39 is 6.29 Å². The molecular formula is C7H19NO2. The number of rotatable bonds is 1. The maximum absolute atomic E-state index is 7.92. The van der Waals surface area contributed by atoms with Crippen LogP contribution in [0.2, 0.25) is 0 Å². The second-order valence-electron chi connectivity index (χ2n) is 3.25. The first-order valence-electron chi connectivity index (χ1n) is 3.42. The van der Waals surface area contributed by atoms with Gasteiger partial charge < -0.3 is 15.9 Å². The standard InChI is InChI=1S/C4H11N.C3H8O2/c1-4(2,3)5;1-2-3(4)5/h5H2,1-3H3;3-5H,2H2,1H3. The molecule has 0 unspecified atom stereocenters. The summed E-state index contributed by atoms with van der Waals surface area (Å²) in [5, 5.41) is 15.8. The average Bonchev–Trinajstić information content (AvgIpc) is 1.61. The Morgan fingerprint density at radius 3 is 1.40 bits per heavy atom. The molecule has 0 aromatic heterocycles. The van der Waals surface area contributed by atoms with Gasteiger partial charge >= 0.3 is 0 Å². The molecule has 0 radical (unpaired) electrons. The Hall–Kier alpha value is -0.120. The first kappa shape index (κ1) is 12.5. The Balaban J connectivity index is 0. The van der Waals surface area contributed by atoms with Crippen LogP contribution in [0.15, 0.2) is 0 Å². The molecule has 0 rings (SSSR count). The van der Waals surface area contributed by atoms with Crippen LogP contribution in [-0.2, 0) is 0 Å². The Labute approximate surface area is 62.9 Å². The van der Waals surface area contributed by atoms with Crippen molar-refractivity contribution < 1.29 is 10.2 Å². The molecule has 0 fully saturated rings. The quantitative estimate of drug-likeness (QED) is 0.474. The molecule has 10 heavy (non-hydrogen) atoms. The molecule has 0 saturated carbocycles. The largest absolute Gasteiger partial charge is 0.368 e. The van der Waals surface area contributed by atoms with Gasteiger partial charge in [0, 0.05) is 5.54 Å². The van der Waals surface area contributed by atoms with Gasteiger partial charge in [-0.1, -0.05) is 6.92 Å². The highest BCUT2D eigenvalue weighted by Gasteiger charge is 1.95. The van der Waals surface area contributed by atoms with Gasteiger partial charge in [-0.2, -0.15) is 0 Å². The molecule has 64 valence electrons. The molecule has 0 bridgehead atoms. The molecule has 0 atom stereocenters. The van der Waals surface area contributed by atoms with Crippen molar-refractivity contribution in [1.82, 2.24) is 0 Å². The lowest BCUT2D eigenvalue weighted by Gasteiger charge is -2.06. The molecule has 4 N–H and O–H groups in total. The Kier molecular flexibility index (Phi) is 7.09. The van der Waals surface area contributed by atoms with E-state index in [1.54, 1.807) is 6.92 Å². The highest BCUT2D eigenvalue weighted by molar-refractivity contribution is 4.60. The van der Waals surface area contributed by atoms with E-state index in [0.717, 1.165) is 0 Å². The summed E-state index contributed by atoms with van der Waals surface area (Å²) in [6.07, 6.45) is -0.699. The molecule has 0 heterocycles. The van der Waals surface area contributed by atoms with Crippen molar-refractivity contribution in [3.8, 4) is 0 Å². The molecule has 0 aromatic rings. The second kappa shape index (κ2) is 5.65. The molecule has 0 saturated heterocycles. The van der Waals surface area contributed by atoms with Crippen molar-refractivity contribution in [3.63, 3.8) is 0 Å². The van der Waals surface area contributed by atoms with Gasteiger partial charge in [0.25, 0.3) is 0 Å². The average molecular weight is 149 g/mol. The molecule has 0 amide bonds. The molecule has 0 spiro atoms. The van der Waals surface area contributed by atoms with Crippen LogP contribution >= 0.6 is 0 Å². The fourth-order valence-corrected chi connectivity index (χ4v) is 0. The van der Waals surface area contributed by atoms with Gasteiger partial charge in [-0.3, -0.25) is 0 Å². The Morgan fingerprint density at radius 1 is 1.30 bits per heavy atom. The van der Waals surface area contributed by atoms with Gasteiger partial charge in [-0.25, -0.2) is 0 Å². The van der Waals surface area contributed by atoms with Crippen molar-refractivity contribution >= 4 is 0 Å². The molecule has 0 aliphatic heterocycles. The van der Waals surface area contributed by atoms with Crippen LogP contribution in [0.3, 0.4) is 0 Å². The van der Waals surface area contributed by atoms with Crippen LogP contribution in [-0.4, -0.2) is 22.0 Å². The lowest BCUT2D eigenvalue weighted by Crippen LogP contribution is -2.26. The van der Waals surface area contributed by atoms with Crippen LogP contribution in [0.5, 0.6) is 0 Å². The van der Waals surface area contributed by atoms with Gasteiger partial charge in [-0.15, -0.1) is 0 Å². The predicted octanol–water partition coefficient (Wildman–Crippen LogP) is 0.451. The molecule has 0 aliphatic carbocycles. The summed E-state index contributed by atoms with van der Waals surface area (Å²) in [6, 6.07) is 0. The van der Waals surface area contributed by atoms with Gasteiger partial charge in [0.15, 0.2) is 6.29 Å². The van der Waals surface area contributed by atoms with Crippen LogP contribution in [0.4, 0.5) is 0 Å². The summed E-state index contributed by atoms with van der Waals surface area (Å²) >= 11 is 0. The van der Waals surface area contributed by atoms with Gasteiger partial charge in [0.1, 0.15) is 0 Å². The number of hydrogen-bond acceptors (Lipinski definition) is 3. The first-order chi connectivity index (χ1) is 4.27. The third-order valence-corrected chi connectivity index (χ3v) is 0.365. The third kappa shape index (κ3) is 106. The molecular weight excluding hydrogens is 130 g/mol. The van der Waals surface area contributed by atoms with Crippen molar-refractivity contribution in [2.45, 2.75) is 45.9 Å². The fourth-order valence-electron chi connectivity index (χ4n) is 0. The van der Waals surface area contributed by atoms with E-state index in [1.165, 1.54) is 0 Å². The van der Waals surface area contributed by atoms with E-state index in [0.29, 0.717) is 6.42 Å². The van der Waals surface area contributed by atoms with Crippen molar-refractivity contribution in [1.29, 1.82) is 0 Å². The fraction of sp³-hybridized carbons (Fsp3) is 1.00. The van der Waals surface area contributed by atoms with Crippen LogP contribution in [0.1, 0.15) is 34.1 Å². The van der Waals surface area contributed by atoms with E-state index >= 15 is 0 Å². The number of nitrogens with two attached hydrogens (primary N) is 1. The number of hydrogen-bond donors (Lipinski definition) is 3. The minimum Gasteiger partial charge on any atom is -0.368 e. The van der Waals surface area contributed by atoms with E-state index in [2.05, 4.69) is 0 Å². The van der Waals surface area contributed by atoms with Crippen molar-refractivity contribution in [2.75, 3.05) is 0 Å². The highest BCUT2D eigenvalue weighted by Crippen LogP contribution is 1.88. The topological polar surface area (TPSA) is 66.5 Å². The molecule has 3 nitrogen and oxygen atoms in total. The van der Waals surface area contributed by atoms with Crippen LogP contribution in [0, 0.1) is 0 Å². The smallest absolute Gasteiger partial charge is 0.151 e. The highest BCUT2D eigenvalue weighted by atomic mass is 16.5. The summed E-state index contributed by atoms with van der Waals surface area (Å²) in [7, 11) is 0. The van der Waals surface area contributed by atoms with E-state index in [-0.39, 0.29) is 5.54 Å². The summed E-state index contributed by atoms with van der Waals surface area (Å²) in [6.45, 7) is 7.59. The zero-order valence-electron chi connectivity index (χ0n) is 7.26. The van der Waals surface area contributed by atoms with Gasteiger partial charge in [0.05, 0.1) is 0 Å².